The van der Waals surface area contributed by atoms with Crippen molar-refractivity contribution in [2.75, 3.05) is 0 Å². The molecule has 1 rings (SSSR count). The largest absolute Gasteiger partial charge is 0.390 e. The van der Waals surface area contributed by atoms with Crippen LogP contribution in [-0.4, -0.2) is 16.3 Å². The average Bonchev–Trinajstić information content (AvgIpc) is 2.16. The molecular formula is C11H15ClO2. The molecule has 0 aliphatic carbocycles. The molecule has 0 saturated carbocycles. The van der Waals surface area contributed by atoms with Gasteiger partial charge < -0.3 is 10.2 Å². The average molecular weight is 215 g/mol. The van der Waals surface area contributed by atoms with Crippen LogP contribution in [0.5, 0.6) is 0 Å². The van der Waals surface area contributed by atoms with Gasteiger partial charge in [-0.1, -0.05) is 43.6 Å². The Kier molecular flexibility index (Phi) is 3.93. The number of hydrogen-bond acceptors (Lipinski definition) is 2. The van der Waals surface area contributed by atoms with E-state index in [0.717, 1.165) is 0 Å². The molecule has 0 saturated heterocycles. The van der Waals surface area contributed by atoms with Gasteiger partial charge in [0.1, 0.15) is 6.10 Å². The lowest BCUT2D eigenvalue weighted by Crippen LogP contribution is -2.24. The van der Waals surface area contributed by atoms with Gasteiger partial charge in [0.2, 0.25) is 0 Å². The zero-order valence-electron chi connectivity index (χ0n) is 8.31. The molecule has 14 heavy (non-hydrogen) atoms. The van der Waals surface area contributed by atoms with E-state index in [1.54, 1.807) is 24.3 Å². The van der Waals surface area contributed by atoms with Crippen LogP contribution in [0.2, 0.25) is 5.02 Å². The Bertz CT molecular complexity index is 299. The molecule has 0 aromatic heterocycles. The van der Waals surface area contributed by atoms with E-state index in [-0.39, 0.29) is 5.92 Å². The van der Waals surface area contributed by atoms with Crippen LogP contribution in [0.4, 0.5) is 0 Å². The van der Waals surface area contributed by atoms with Crippen LogP contribution in [0.3, 0.4) is 0 Å². The van der Waals surface area contributed by atoms with Gasteiger partial charge in [0, 0.05) is 10.6 Å². The molecule has 78 valence electrons. The first-order valence-corrected chi connectivity index (χ1v) is 5.02. The highest BCUT2D eigenvalue weighted by Crippen LogP contribution is 2.27. The number of aliphatic hydroxyl groups excluding tert-OH is 2. The van der Waals surface area contributed by atoms with Gasteiger partial charge in [-0.15, -0.1) is 0 Å². The van der Waals surface area contributed by atoms with Crippen LogP contribution in [0.1, 0.15) is 25.5 Å². The van der Waals surface area contributed by atoms with Gasteiger partial charge in [0.25, 0.3) is 0 Å². The molecule has 1 aromatic carbocycles. The molecule has 1 aromatic rings. The summed E-state index contributed by atoms with van der Waals surface area (Å²) in [7, 11) is 0. The van der Waals surface area contributed by atoms with Crippen molar-refractivity contribution < 1.29 is 10.2 Å². The number of hydrogen-bond donors (Lipinski definition) is 2. The van der Waals surface area contributed by atoms with Gasteiger partial charge >= 0.3 is 0 Å². The molecule has 0 radical (unpaired) electrons. The van der Waals surface area contributed by atoms with Crippen molar-refractivity contribution in [2.45, 2.75) is 26.1 Å². The highest BCUT2D eigenvalue weighted by Gasteiger charge is 2.22. The van der Waals surface area contributed by atoms with Crippen LogP contribution in [0.25, 0.3) is 0 Å². The van der Waals surface area contributed by atoms with Gasteiger partial charge in [0.15, 0.2) is 0 Å². The van der Waals surface area contributed by atoms with Crippen molar-refractivity contribution in [2.24, 2.45) is 5.92 Å². The molecule has 2 atom stereocenters. The third-order valence-electron chi connectivity index (χ3n) is 2.23. The van der Waals surface area contributed by atoms with E-state index in [1.165, 1.54) is 0 Å². The minimum Gasteiger partial charge on any atom is -0.390 e. The van der Waals surface area contributed by atoms with E-state index in [9.17, 15) is 10.2 Å². The summed E-state index contributed by atoms with van der Waals surface area (Å²) < 4.78 is 0. The Morgan fingerprint density at radius 3 is 2.21 bits per heavy atom. The van der Waals surface area contributed by atoms with Crippen molar-refractivity contribution in [3.63, 3.8) is 0 Å². The number of aliphatic hydroxyl groups is 2. The van der Waals surface area contributed by atoms with E-state index in [4.69, 9.17) is 11.6 Å². The van der Waals surface area contributed by atoms with Crippen LogP contribution in [-0.2, 0) is 0 Å². The molecule has 0 fully saturated rings. The van der Waals surface area contributed by atoms with E-state index in [1.807, 2.05) is 13.8 Å². The van der Waals surface area contributed by atoms with Crippen molar-refractivity contribution >= 4 is 11.6 Å². The third kappa shape index (κ3) is 2.47. The monoisotopic (exact) mass is 214 g/mol. The number of rotatable bonds is 3. The third-order valence-corrected chi connectivity index (χ3v) is 2.57. The second kappa shape index (κ2) is 4.78. The molecule has 0 aliphatic rings. The van der Waals surface area contributed by atoms with Gasteiger partial charge in [-0.25, -0.2) is 0 Å². The van der Waals surface area contributed by atoms with Crippen LogP contribution in [0.15, 0.2) is 24.3 Å². The summed E-state index contributed by atoms with van der Waals surface area (Å²) in [5.41, 5.74) is 0.579. The Hall–Kier alpha value is -0.570. The molecule has 0 amide bonds. The quantitative estimate of drug-likeness (QED) is 0.811. The molecule has 0 aliphatic heterocycles. The predicted octanol–water partition coefficient (Wildman–Crippen LogP) is 2.39. The second-order valence-corrected chi connectivity index (χ2v) is 4.11. The summed E-state index contributed by atoms with van der Waals surface area (Å²) in [4.78, 5) is 0. The van der Waals surface area contributed by atoms with Crippen molar-refractivity contribution in [3.8, 4) is 0 Å². The van der Waals surface area contributed by atoms with Crippen LogP contribution in [0, 0.1) is 5.92 Å². The van der Waals surface area contributed by atoms with Gasteiger partial charge in [-0.05, 0) is 12.0 Å². The maximum Gasteiger partial charge on any atom is 0.107 e. The molecule has 2 N–H and O–H groups in total. The maximum absolute atomic E-state index is 9.81. The molecule has 0 heterocycles. The van der Waals surface area contributed by atoms with Crippen molar-refractivity contribution in [3.05, 3.63) is 34.9 Å². The fourth-order valence-corrected chi connectivity index (χ4v) is 1.51. The van der Waals surface area contributed by atoms with E-state index in [0.29, 0.717) is 10.6 Å². The lowest BCUT2D eigenvalue weighted by Gasteiger charge is -2.22. The zero-order chi connectivity index (χ0) is 10.7. The minimum absolute atomic E-state index is 0.00118. The summed E-state index contributed by atoms with van der Waals surface area (Å²) in [6, 6.07) is 7.00. The SMILES string of the molecule is CC(C)C(O)[C@H](O)c1ccccc1Cl. The molecule has 1 unspecified atom stereocenters. The molecular weight excluding hydrogens is 200 g/mol. The topological polar surface area (TPSA) is 40.5 Å². The summed E-state index contributed by atoms with van der Waals surface area (Å²) in [6.45, 7) is 3.70. The van der Waals surface area contributed by atoms with Gasteiger partial charge in [-0.2, -0.15) is 0 Å². The van der Waals surface area contributed by atoms with Crippen molar-refractivity contribution in [1.82, 2.24) is 0 Å². The summed E-state index contributed by atoms with van der Waals surface area (Å²) >= 11 is 5.90. The lowest BCUT2D eigenvalue weighted by atomic mass is 9.96. The zero-order valence-corrected chi connectivity index (χ0v) is 9.07. The smallest absolute Gasteiger partial charge is 0.107 e. The molecule has 2 nitrogen and oxygen atoms in total. The fourth-order valence-electron chi connectivity index (χ4n) is 1.26. The number of benzene rings is 1. The first-order valence-electron chi connectivity index (χ1n) is 4.64. The molecule has 0 bridgehead atoms. The first-order chi connectivity index (χ1) is 6.54. The van der Waals surface area contributed by atoms with E-state index < -0.39 is 12.2 Å². The standard InChI is InChI=1S/C11H15ClO2/c1-7(2)10(13)11(14)8-5-3-4-6-9(8)12/h3-7,10-11,13-14H,1-2H3/t10?,11-/m1/s1. The predicted molar refractivity (Wildman–Crippen MR) is 57.3 cm³/mol. The Morgan fingerprint density at radius 2 is 1.71 bits per heavy atom. The van der Waals surface area contributed by atoms with Gasteiger partial charge in [0.05, 0.1) is 6.10 Å². The Balaban J connectivity index is 2.89. The number of halogens is 1. The lowest BCUT2D eigenvalue weighted by molar-refractivity contribution is -0.00934. The van der Waals surface area contributed by atoms with E-state index in [2.05, 4.69) is 0 Å². The Labute approximate surface area is 89.1 Å². The van der Waals surface area contributed by atoms with Gasteiger partial charge in [-0.3, -0.25) is 0 Å². The normalized spacial score (nSPS) is 15.6. The summed E-state index contributed by atoms with van der Waals surface area (Å²) in [5.74, 6) is 0.00118. The Morgan fingerprint density at radius 1 is 1.14 bits per heavy atom. The minimum atomic E-state index is -0.913. The van der Waals surface area contributed by atoms with Crippen LogP contribution < -0.4 is 0 Å². The fraction of sp³-hybridized carbons (Fsp3) is 0.455. The molecule has 3 heteroatoms. The van der Waals surface area contributed by atoms with Crippen LogP contribution >= 0.6 is 11.6 Å². The highest BCUT2D eigenvalue weighted by atomic mass is 35.5. The molecule has 0 spiro atoms. The second-order valence-electron chi connectivity index (χ2n) is 3.70. The summed E-state index contributed by atoms with van der Waals surface area (Å²) in [5, 5.41) is 20.0. The summed E-state index contributed by atoms with van der Waals surface area (Å²) in [6.07, 6.45) is -1.70. The van der Waals surface area contributed by atoms with Crippen molar-refractivity contribution in [1.29, 1.82) is 0 Å². The van der Waals surface area contributed by atoms with E-state index >= 15 is 0 Å². The highest BCUT2D eigenvalue weighted by molar-refractivity contribution is 6.31. The first kappa shape index (κ1) is 11.5. The maximum atomic E-state index is 9.81.